The van der Waals surface area contributed by atoms with E-state index in [-0.39, 0.29) is 6.42 Å². The molecule has 0 spiro atoms. The summed E-state index contributed by atoms with van der Waals surface area (Å²) in [5.74, 6) is -2.75. The van der Waals surface area contributed by atoms with E-state index in [4.69, 9.17) is 9.47 Å². The van der Waals surface area contributed by atoms with Crippen molar-refractivity contribution in [1.82, 2.24) is 5.32 Å². The van der Waals surface area contributed by atoms with Crippen LogP contribution in [0.5, 0.6) is 0 Å². The molecule has 1 atom stereocenters. The zero-order valence-corrected chi connectivity index (χ0v) is 32.3. The maximum Gasteiger partial charge on any atom is 0.372 e. The third-order valence-corrected chi connectivity index (χ3v) is 9.48. The van der Waals surface area contributed by atoms with Crippen molar-refractivity contribution in [2.75, 3.05) is 13.2 Å². The lowest BCUT2D eigenvalue weighted by Gasteiger charge is -2.17. The highest BCUT2D eigenvalue weighted by atomic mass is 16.6. The summed E-state index contributed by atoms with van der Waals surface area (Å²) < 4.78 is 10.3. The molecule has 2 N–H and O–H groups in total. The van der Waals surface area contributed by atoms with Crippen LogP contribution in [0.3, 0.4) is 0 Å². The van der Waals surface area contributed by atoms with Crippen LogP contribution in [-0.2, 0) is 23.9 Å². The minimum Gasteiger partial charge on any atom is -0.502 e. The number of ether oxygens (including phenoxy) is 2. The zero-order valence-electron chi connectivity index (χ0n) is 32.3. The molecule has 0 radical (unpaired) electrons. The van der Waals surface area contributed by atoms with Crippen molar-refractivity contribution in [2.45, 2.75) is 225 Å². The van der Waals surface area contributed by atoms with E-state index in [2.05, 4.69) is 25.7 Å². The summed E-state index contributed by atoms with van der Waals surface area (Å²) in [5.41, 5.74) is 0. The van der Waals surface area contributed by atoms with E-state index in [1.807, 2.05) is 0 Å². The molecule has 0 aromatic rings. The van der Waals surface area contributed by atoms with Crippen molar-refractivity contribution in [3.05, 3.63) is 12.3 Å². The van der Waals surface area contributed by atoms with Gasteiger partial charge in [0.15, 0.2) is 5.76 Å². The van der Waals surface area contributed by atoms with Gasteiger partial charge < -0.3 is 19.9 Å². The van der Waals surface area contributed by atoms with Crippen molar-refractivity contribution in [1.29, 1.82) is 0 Å². The van der Waals surface area contributed by atoms with Gasteiger partial charge in [0.2, 0.25) is 6.10 Å². The highest BCUT2D eigenvalue weighted by Gasteiger charge is 2.25. The second-order valence-corrected chi connectivity index (χ2v) is 14.3. The smallest absolute Gasteiger partial charge is 0.372 e. The minimum atomic E-state index is -1.24. The second kappa shape index (κ2) is 37.2. The van der Waals surface area contributed by atoms with Gasteiger partial charge in [0.1, 0.15) is 6.61 Å². The minimum absolute atomic E-state index is 0.224. The van der Waals surface area contributed by atoms with Crippen LogP contribution in [0.2, 0.25) is 0 Å². The van der Waals surface area contributed by atoms with E-state index in [9.17, 15) is 19.5 Å². The summed E-state index contributed by atoms with van der Waals surface area (Å²) >= 11 is 0. The number of hydrogen-bond acceptors (Lipinski definition) is 6. The molecule has 7 nitrogen and oxygen atoms in total. The maximum atomic E-state index is 12.8. The van der Waals surface area contributed by atoms with Gasteiger partial charge in [-0.05, 0) is 19.4 Å². The van der Waals surface area contributed by atoms with Gasteiger partial charge in [-0.2, -0.15) is 0 Å². The van der Waals surface area contributed by atoms with Gasteiger partial charge in [-0.1, -0.05) is 200 Å². The molecule has 0 aliphatic heterocycles. The first-order chi connectivity index (χ1) is 23.9. The molecule has 0 aromatic carbocycles. The lowest BCUT2D eigenvalue weighted by Crippen LogP contribution is -2.41. The molecule has 0 saturated heterocycles. The Morgan fingerprint density at radius 1 is 0.531 bits per heavy atom. The predicted octanol–water partition coefficient (Wildman–Crippen LogP) is 12.2. The van der Waals surface area contributed by atoms with Gasteiger partial charge >= 0.3 is 11.9 Å². The predicted molar refractivity (Wildman–Crippen MR) is 205 cm³/mol. The summed E-state index contributed by atoms with van der Waals surface area (Å²) in [6.45, 7) is 7.70. The number of aliphatic hydroxyl groups is 1. The number of amides is 1. The van der Waals surface area contributed by atoms with Gasteiger partial charge in [0.25, 0.3) is 5.91 Å². The topological polar surface area (TPSA) is 102 Å². The molecule has 7 heteroatoms. The standard InChI is InChI=1S/C42H79NO6/c1-4-6-8-10-12-14-16-18-20-22-24-26-28-30-32-34-36-43-41(46)39(37-48-42(47)38(3)44)49-40(45)35-33-31-29-27-25-23-21-19-17-15-13-11-9-7-5-2/h39,44H,3-37H2,1-2H3,(H,43,46). The van der Waals surface area contributed by atoms with E-state index >= 15 is 0 Å². The van der Waals surface area contributed by atoms with Crippen LogP contribution in [0.4, 0.5) is 0 Å². The molecule has 49 heavy (non-hydrogen) atoms. The average molecular weight is 694 g/mol. The molecule has 0 saturated carbocycles. The third-order valence-electron chi connectivity index (χ3n) is 9.48. The van der Waals surface area contributed by atoms with Crippen LogP contribution in [0.1, 0.15) is 219 Å². The number of unbranched alkanes of at least 4 members (excludes halogenated alkanes) is 29. The molecule has 0 aliphatic rings. The molecule has 0 aliphatic carbocycles. The Hall–Kier alpha value is -2.05. The number of carbonyl (C=O) groups is 3. The van der Waals surface area contributed by atoms with Crippen LogP contribution in [0.15, 0.2) is 12.3 Å². The van der Waals surface area contributed by atoms with Crippen molar-refractivity contribution >= 4 is 17.8 Å². The molecule has 0 aromatic heterocycles. The second-order valence-electron chi connectivity index (χ2n) is 14.3. The van der Waals surface area contributed by atoms with Crippen LogP contribution < -0.4 is 5.32 Å². The number of esters is 2. The van der Waals surface area contributed by atoms with Gasteiger partial charge in [-0.3, -0.25) is 9.59 Å². The van der Waals surface area contributed by atoms with Crippen LogP contribution in [0.25, 0.3) is 0 Å². The average Bonchev–Trinajstić information content (AvgIpc) is 3.09. The lowest BCUT2D eigenvalue weighted by atomic mass is 10.0. The van der Waals surface area contributed by atoms with Crippen LogP contribution in [0, 0.1) is 0 Å². The first-order valence-corrected chi connectivity index (χ1v) is 20.9. The zero-order chi connectivity index (χ0) is 36.0. The normalized spacial score (nSPS) is 11.7. The molecule has 0 heterocycles. The summed E-state index contributed by atoms with van der Waals surface area (Å²) in [7, 11) is 0. The monoisotopic (exact) mass is 694 g/mol. The van der Waals surface area contributed by atoms with Gasteiger partial charge in [-0.15, -0.1) is 0 Å². The molecule has 288 valence electrons. The summed E-state index contributed by atoms with van der Waals surface area (Å²) in [6.07, 6.45) is 38.2. The van der Waals surface area contributed by atoms with E-state index < -0.39 is 36.3 Å². The molecule has 1 unspecified atom stereocenters. The van der Waals surface area contributed by atoms with Crippen molar-refractivity contribution in [2.24, 2.45) is 0 Å². The SMILES string of the molecule is C=C(O)C(=O)OCC(OC(=O)CCCCCCCCCCCCCCCCC)C(=O)NCCCCCCCCCCCCCCCCCC. The van der Waals surface area contributed by atoms with E-state index in [0.29, 0.717) is 13.0 Å². The van der Waals surface area contributed by atoms with Gasteiger partial charge in [-0.25, -0.2) is 4.79 Å². The quantitative estimate of drug-likeness (QED) is 0.0289. The number of rotatable bonds is 38. The number of hydrogen-bond donors (Lipinski definition) is 2. The Morgan fingerprint density at radius 2 is 0.857 bits per heavy atom. The van der Waals surface area contributed by atoms with E-state index in [1.165, 1.54) is 161 Å². The number of nitrogens with one attached hydrogen (secondary N) is 1. The van der Waals surface area contributed by atoms with E-state index in [0.717, 1.165) is 32.1 Å². The lowest BCUT2D eigenvalue weighted by molar-refractivity contribution is -0.163. The fourth-order valence-electron chi connectivity index (χ4n) is 6.25. The summed E-state index contributed by atoms with van der Waals surface area (Å²) in [4.78, 5) is 36.9. The fraction of sp³-hybridized carbons (Fsp3) is 0.881. The third kappa shape index (κ3) is 34.2. The summed E-state index contributed by atoms with van der Waals surface area (Å²) in [6, 6.07) is 0. The fourth-order valence-corrected chi connectivity index (χ4v) is 6.25. The molecule has 0 bridgehead atoms. The molecular weight excluding hydrogens is 614 g/mol. The first kappa shape index (κ1) is 47.0. The molecule has 0 fully saturated rings. The molecule has 1 amide bonds. The molecule has 0 rings (SSSR count). The van der Waals surface area contributed by atoms with Gasteiger partial charge in [0.05, 0.1) is 0 Å². The highest BCUT2D eigenvalue weighted by Crippen LogP contribution is 2.15. The van der Waals surface area contributed by atoms with Crippen molar-refractivity contribution < 1.29 is 29.0 Å². The summed E-state index contributed by atoms with van der Waals surface area (Å²) in [5, 5.41) is 12.1. The largest absolute Gasteiger partial charge is 0.502 e. The Morgan fingerprint density at radius 3 is 1.20 bits per heavy atom. The Kier molecular flexibility index (Phi) is 35.7. The number of carbonyl (C=O) groups excluding carboxylic acids is 3. The Balaban J connectivity index is 3.97. The number of aliphatic hydroxyl groups excluding tert-OH is 1. The van der Waals surface area contributed by atoms with Crippen LogP contribution in [-0.4, -0.2) is 42.2 Å². The van der Waals surface area contributed by atoms with E-state index in [1.54, 1.807) is 0 Å². The molecular formula is C42H79NO6. The highest BCUT2D eigenvalue weighted by molar-refractivity contribution is 5.86. The Labute approximate surface area is 302 Å². The van der Waals surface area contributed by atoms with Crippen LogP contribution >= 0.6 is 0 Å². The van der Waals surface area contributed by atoms with Crippen molar-refractivity contribution in [3.63, 3.8) is 0 Å². The van der Waals surface area contributed by atoms with Crippen molar-refractivity contribution in [3.8, 4) is 0 Å². The van der Waals surface area contributed by atoms with Gasteiger partial charge in [0, 0.05) is 13.0 Å². The Bertz CT molecular complexity index is 785. The maximum absolute atomic E-state index is 12.8. The first-order valence-electron chi connectivity index (χ1n) is 20.9.